The van der Waals surface area contributed by atoms with Crippen molar-refractivity contribution in [1.82, 2.24) is 0 Å². The standard InChI is InChI=1S/C16H11BrOS/c1-19-13-8-4-11(5-9-13)15-14(16(15)18)10-2-6-12(17)7-3-10/h2-9H,1H3. The third kappa shape index (κ3) is 2.40. The SMILES string of the molecule is CSc1ccc(-c2c(-c3ccc(Br)cc3)c2=O)cc1. The van der Waals surface area contributed by atoms with Crippen LogP contribution in [0, 0.1) is 0 Å². The minimum atomic E-state index is 0.166. The van der Waals surface area contributed by atoms with Crippen LogP contribution in [-0.4, -0.2) is 6.26 Å². The number of thioether (sulfide) groups is 1. The summed E-state index contributed by atoms with van der Waals surface area (Å²) in [6, 6.07) is 16.0. The molecule has 94 valence electrons. The van der Waals surface area contributed by atoms with Gasteiger partial charge in [-0.1, -0.05) is 40.2 Å². The van der Waals surface area contributed by atoms with Crippen molar-refractivity contribution in [2.24, 2.45) is 0 Å². The van der Waals surface area contributed by atoms with Crippen molar-refractivity contribution in [3.05, 3.63) is 63.2 Å². The summed E-state index contributed by atoms with van der Waals surface area (Å²) in [6.07, 6.45) is 2.05. The van der Waals surface area contributed by atoms with E-state index in [-0.39, 0.29) is 5.43 Å². The highest BCUT2D eigenvalue weighted by atomic mass is 79.9. The average molecular weight is 331 g/mol. The first kappa shape index (κ1) is 12.7. The Labute approximate surface area is 124 Å². The molecular formula is C16H11BrOS. The van der Waals surface area contributed by atoms with Gasteiger partial charge in [-0.15, -0.1) is 11.8 Å². The molecule has 0 aliphatic heterocycles. The van der Waals surface area contributed by atoms with E-state index in [4.69, 9.17) is 0 Å². The third-order valence-electron chi connectivity index (χ3n) is 3.15. The molecule has 0 saturated heterocycles. The number of hydrogen-bond acceptors (Lipinski definition) is 2. The predicted octanol–water partition coefficient (Wildman–Crippen LogP) is 4.74. The first-order chi connectivity index (χ1) is 9.20. The normalized spacial score (nSPS) is 11.1. The van der Waals surface area contributed by atoms with Gasteiger partial charge in [0.25, 0.3) is 0 Å². The highest BCUT2D eigenvalue weighted by Gasteiger charge is 2.24. The Morgan fingerprint density at radius 1 is 0.842 bits per heavy atom. The second kappa shape index (κ2) is 4.99. The fraction of sp³-hybridized carbons (Fsp3) is 0.0625. The molecule has 0 fully saturated rings. The molecule has 0 aromatic heterocycles. The van der Waals surface area contributed by atoms with Gasteiger partial charge < -0.3 is 0 Å². The van der Waals surface area contributed by atoms with E-state index in [0.717, 1.165) is 26.7 Å². The largest absolute Gasteiger partial charge is 0.289 e. The van der Waals surface area contributed by atoms with E-state index >= 15 is 0 Å². The molecule has 0 unspecified atom stereocenters. The summed E-state index contributed by atoms with van der Waals surface area (Å²) in [7, 11) is 0. The van der Waals surface area contributed by atoms with Crippen molar-refractivity contribution in [2.75, 3.05) is 6.26 Å². The van der Waals surface area contributed by atoms with E-state index in [1.807, 2.05) is 42.7 Å². The van der Waals surface area contributed by atoms with Gasteiger partial charge in [-0.3, -0.25) is 4.79 Å². The number of rotatable bonds is 3. The molecule has 0 spiro atoms. The topological polar surface area (TPSA) is 17.1 Å². The third-order valence-corrected chi connectivity index (χ3v) is 4.43. The Balaban J connectivity index is 1.96. The molecule has 0 saturated carbocycles. The molecule has 3 rings (SSSR count). The van der Waals surface area contributed by atoms with Gasteiger partial charge in [-0.05, 0) is 41.6 Å². The zero-order chi connectivity index (χ0) is 13.4. The van der Waals surface area contributed by atoms with Gasteiger partial charge in [0.1, 0.15) is 0 Å². The summed E-state index contributed by atoms with van der Waals surface area (Å²) in [5.74, 6) is 0. The molecule has 0 radical (unpaired) electrons. The van der Waals surface area contributed by atoms with Crippen LogP contribution in [0.25, 0.3) is 22.3 Å². The van der Waals surface area contributed by atoms with E-state index in [2.05, 4.69) is 28.1 Å². The van der Waals surface area contributed by atoms with Crippen LogP contribution in [0.3, 0.4) is 0 Å². The van der Waals surface area contributed by atoms with Crippen LogP contribution in [0.5, 0.6) is 0 Å². The van der Waals surface area contributed by atoms with Gasteiger partial charge in [0, 0.05) is 20.5 Å². The van der Waals surface area contributed by atoms with Crippen molar-refractivity contribution in [3.8, 4) is 22.3 Å². The molecule has 0 N–H and O–H groups in total. The van der Waals surface area contributed by atoms with Crippen molar-refractivity contribution in [1.29, 1.82) is 0 Å². The molecule has 0 atom stereocenters. The first-order valence-electron chi connectivity index (χ1n) is 5.90. The summed E-state index contributed by atoms with van der Waals surface area (Å²) in [4.78, 5) is 13.2. The summed E-state index contributed by atoms with van der Waals surface area (Å²) in [6.45, 7) is 0. The Hall–Kier alpha value is -1.32. The molecule has 3 heteroatoms. The molecule has 19 heavy (non-hydrogen) atoms. The van der Waals surface area contributed by atoms with Crippen LogP contribution in [0.4, 0.5) is 0 Å². The van der Waals surface area contributed by atoms with Crippen LogP contribution < -0.4 is 5.43 Å². The maximum Gasteiger partial charge on any atom is 0.195 e. The van der Waals surface area contributed by atoms with Crippen molar-refractivity contribution < 1.29 is 0 Å². The summed E-state index contributed by atoms with van der Waals surface area (Å²) < 4.78 is 1.02. The smallest absolute Gasteiger partial charge is 0.195 e. The minimum Gasteiger partial charge on any atom is -0.289 e. The quantitative estimate of drug-likeness (QED) is 0.645. The number of hydrogen-bond donors (Lipinski definition) is 0. The summed E-state index contributed by atoms with van der Waals surface area (Å²) in [5.41, 5.74) is 3.89. The maximum atomic E-state index is 12.0. The molecule has 0 aliphatic rings. The van der Waals surface area contributed by atoms with Crippen molar-refractivity contribution in [2.45, 2.75) is 4.90 Å². The summed E-state index contributed by atoms with van der Waals surface area (Å²) >= 11 is 5.11. The minimum absolute atomic E-state index is 0.166. The van der Waals surface area contributed by atoms with Crippen molar-refractivity contribution >= 4 is 27.7 Å². The molecule has 3 aromatic rings. The second-order valence-corrected chi connectivity index (χ2v) is 6.11. The highest BCUT2D eigenvalue weighted by molar-refractivity contribution is 9.10. The average Bonchev–Trinajstić information content (AvgIpc) is 3.11. The lowest BCUT2D eigenvalue weighted by atomic mass is 10.1. The molecular weight excluding hydrogens is 320 g/mol. The van der Waals surface area contributed by atoms with Gasteiger partial charge >= 0.3 is 0 Å². The second-order valence-electron chi connectivity index (χ2n) is 4.31. The Bertz CT molecular complexity index is 719. The lowest BCUT2D eigenvalue weighted by molar-refractivity contribution is 1.47. The monoisotopic (exact) mass is 330 g/mol. The van der Waals surface area contributed by atoms with Crippen LogP contribution >= 0.6 is 27.7 Å². The first-order valence-corrected chi connectivity index (χ1v) is 7.92. The van der Waals surface area contributed by atoms with Gasteiger partial charge in [-0.25, -0.2) is 0 Å². The Morgan fingerprint density at radius 2 is 1.32 bits per heavy atom. The van der Waals surface area contributed by atoms with Crippen LogP contribution in [0.2, 0.25) is 0 Å². The lowest BCUT2D eigenvalue weighted by Gasteiger charge is -1.97. The van der Waals surface area contributed by atoms with Crippen LogP contribution in [0.15, 0.2) is 62.7 Å². The van der Waals surface area contributed by atoms with Gasteiger partial charge in [0.2, 0.25) is 0 Å². The zero-order valence-electron chi connectivity index (χ0n) is 10.3. The molecule has 0 heterocycles. The van der Waals surface area contributed by atoms with Gasteiger partial charge in [0.05, 0.1) is 0 Å². The van der Waals surface area contributed by atoms with E-state index < -0.39 is 0 Å². The van der Waals surface area contributed by atoms with Gasteiger partial charge in [0.15, 0.2) is 5.43 Å². The van der Waals surface area contributed by atoms with Crippen LogP contribution in [0.1, 0.15) is 0 Å². The zero-order valence-corrected chi connectivity index (χ0v) is 12.7. The fourth-order valence-corrected chi connectivity index (χ4v) is 2.77. The lowest BCUT2D eigenvalue weighted by Crippen LogP contribution is -1.78. The fourth-order valence-electron chi connectivity index (χ4n) is 2.10. The van der Waals surface area contributed by atoms with Crippen molar-refractivity contribution in [3.63, 3.8) is 0 Å². The van der Waals surface area contributed by atoms with E-state index in [1.54, 1.807) is 11.8 Å². The molecule has 0 aliphatic carbocycles. The van der Waals surface area contributed by atoms with Crippen LogP contribution in [-0.2, 0) is 0 Å². The Morgan fingerprint density at radius 3 is 1.79 bits per heavy atom. The number of benzene rings is 2. The highest BCUT2D eigenvalue weighted by Crippen LogP contribution is 2.35. The maximum absolute atomic E-state index is 12.0. The predicted molar refractivity (Wildman–Crippen MR) is 85.4 cm³/mol. The number of halogens is 1. The molecule has 0 amide bonds. The van der Waals surface area contributed by atoms with E-state index in [9.17, 15) is 4.79 Å². The van der Waals surface area contributed by atoms with E-state index in [0.29, 0.717) is 0 Å². The molecule has 3 aromatic carbocycles. The molecule has 1 nitrogen and oxygen atoms in total. The molecule has 0 bridgehead atoms. The van der Waals surface area contributed by atoms with Gasteiger partial charge in [-0.2, -0.15) is 0 Å². The Kier molecular flexibility index (Phi) is 3.33. The summed E-state index contributed by atoms with van der Waals surface area (Å²) in [5, 5.41) is 0. The van der Waals surface area contributed by atoms with E-state index in [1.165, 1.54) is 4.90 Å².